The maximum Gasteiger partial charge on any atom is 0.121 e. The summed E-state index contributed by atoms with van der Waals surface area (Å²) in [6.07, 6.45) is 0. The maximum atomic E-state index is 5.29. The number of thiophene rings is 1. The van der Waals surface area contributed by atoms with Gasteiger partial charge in [-0.05, 0) is 42.6 Å². The topological polar surface area (TPSA) is 21.3 Å². The first kappa shape index (κ1) is 12.1. The minimum atomic E-state index is 0.264. The van der Waals surface area contributed by atoms with Crippen molar-refractivity contribution in [1.82, 2.24) is 5.32 Å². The molecule has 0 fully saturated rings. The van der Waals surface area contributed by atoms with Gasteiger partial charge in [0.25, 0.3) is 0 Å². The van der Waals surface area contributed by atoms with Gasteiger partial charge in [0.15, 0.2) is 0 Å². The number of methoxy groups -OCH3 is 1. The van der Waals surface area contributed by atoms with Crippen LogP contribution in [0.15, 0.2) is 35.7 Å². The van der Waals surface area contributed by atoms with Crippen LogP contribution in [-0.4, -0.2) is 14.2 Å². The number of nitrogens with one attached hydrogen (secondary N) is 1. The normalized spacial score (nSPS) is 12.4. The Bertz CT molecular complexity index is 479. The molecule has 1 heterocycles. The van der Waals surface area contributed by atoms with E-state index in [0.717, 1.165) is 5.75 Å². The summed E-state index contributed by atoms with van der Waals surface area (Å²) in [5, 5.41) is 5.46. The molecule has 0 radical (unpaired) electrons. The molecule has 1 atom stereocenters. The van der Waals surface area contributed by atoms with Crippen LogP contribution in [0.2, 0.25) is 0 Å². The van der Waals surface area contributed by atoms with Crippen LogP contribution >= 0.6 is 11.3 Å². The van der Waals surface area contributed by atoms with Crippen molar-refractivity contribution in [3.63, 3.8) is 0 Å². The summed E-state index contributed by atoms with van der Waals surface area (Å²) in [6.45, 7) is 2.07. The minimum absolute atomic E-state index is 0.264. The Morgan fingerprint density at radius 1 is 1.29 bits per heavy atom. The van der Waals surface area contributed by atoms with Crippen LogP contribution in [0, 0.1) is 6.92 Å². The average molecular weight is 247 g/mol. The molecule has 1 aromatic heterocycles. The van der Waals surface area contributed by atoms with Gasteiger partial charge in [-0.2, -0.15) is 0 Å². The first-order valence-electron chi connectivity index (χ1n) is 5.61. The Hall–Kier alpha value is -1.32. The molecule has 0 amide bonds. The van der Waals surface area contributed by atoms with Gasteiger partial charge in [-0.15, -0.1) is 11.3 Å². The number of hydrogen-bond acceptors (Lipinski definition) is 3. The number of rotatable bonds is 4. The van der Waals surface area contributed by atoms with Gasteiger partial charge in [-0.3, -0.25) is 0 Å². The summed E-state index contributed by atoms with van der Waals surface area (Å²) in [5.74, 6) is 0.940. The van der Waals surface area contributed by atoms with Crippen LogP contribution in [0.3, 0.4) is 0 Å². The summed E-state index contributed by atoms with van der Waals surface area (Å²) in [5.41, 5.74) is 2.44. The fraction of sp³-hybridized carbons (Fsp3) is 0.286. The second-order valence-electron chi connectivity index (χ2n) is 3.97. The molecule has 17 heavy (non-hydrogen) atoms. The van der Waals surface area contributed by atoms with E-state index < -0.39 is 0 Å². The third-order valence-corrected chi connectivity index (χ3v) is 3.81. The molecule has 0 aliphatic heterocycles. The Balaban J connectivity index is 2.35. The SMILES string of the molecule is CNC(c1ccc(OC)c(C)c1)c1cccs1. The van der Waals surface area contributed by atoms with E-state index in [0.29, 0.717) is 0 Å². The van der Waals surface area contributed by atoms with Crippen LogP contribution in [-0.2, 0) is 0 Å². The van der Waals surface area contributed by atoms with E-state index in [2.05, 4.69) is 41.9 Å². The van der Waals surface area contributed by atoms with Crippen LogP contribution < -0.4 is 10.1 Å². The van der Waals surface area contributed by atoms with E-state index in [4.69, 9.17) is 4.74 Å². The molecule has 0 saturated carbocycles. The maximum absolute atomic E-state index is 5.29. The lowest BCUT2D eigenvalue weighted by Gasteiger charge is -2.16. The van der Waals surface area contributed by atoms with Gasteiger partial charge in [0, 0.05) is 4.88 Å². The van der Waals surface area contributed by atoms with E-state index in [1.165, 1.54) is 16.0 Å². The zero-order valence-corrected chi connectivity index (χ0v) is 11.2. The molecular weight excluding hydrogens is 230 g/mol. The first-order valence-corrected chi connectivity index (χ1v) is 6.49. The number of hydrogen-bond donors (Lipinski definition) is 1. The van der Waals surface area contributed by atoms with Gasteiger partial charge in [0.05, 0.1) is 13.2 Å². The second kappa shape index (κ2) is 5.34. The number of benzene rings is 1. The molecule has 0 spiro atoms. The molecule has 0 saturated heterocycles. The van der Waals surface area contributed by atoms with Crippen LogP contribution in [0.25, 0.3) is 0 Å². The molecule has 2 rings (SSSR count). The third kappa shape index (κ3) is 2.51. The molecule has 2 aromatic rings. The quantitative estimate of drug-likeness (QED) is 0.894. The lowest BCUT2D eigenvalue weighted by Crippen LogP contribution is -2.16. The molecule has 0 bridgehead atoms. The number of aryl methyl sites for hydroxylation is 1. The highest BCUT2D eigenvalue weighted by Crippen LogP contribution is 2.28. The first-order chi connectivity index (χ1) is 8.26. The molecular formula is C14H17NOS. The predicted molar refractivity (Wildman–Crippen MR) is 73.0 cm³/mol. The largest absolute Gasteiger partial charge is 0.496 e. The summed E-state index contributed by atoms with van der Waals surface area (Å²) in [6, 6.07) is 10.8. The van der Waals surface area contributed by atoms with Gasteiger partial charge >= 0.3 is 0 Å². The fourth-order valence-corrected chi connectivity index (χ4v) is 2.87. The molecule has 90 valence electrons. The lowest BCUT2D eigenvalue weighted by molar-refractivity contribution is 0.411. The van der Waals surface area contributed by atoms with E-state index >= 15 is 0 Å². The number of ether oxygens (including phenoxy) is 1. The summed E-state index contributed by atoms with van der Waals surface area (Å²) >= 11 is 1.77. The Morgan fingerprint density at radius 3 is 2.65 bits per heavy atom. The molecule has 1 N–H and O–H groups in total. The van der Waals surface area contributed by atoms with Gasteiger partial charge in [-0.1, -0.05) is 18.2 Å². The van der Waals surface area contributed by atoms with Crippen molar-refractivity contribution in [3.05, 3.63) is 51.7 Å². The Morgan fingerprint density at radius 2 is 2.12 bits per heavy atom. The summed E-state index contributed by atoms with van der Waals surface area (Å²) in [4.78, 5) is 1.33. The van der Waals surface area contributed by atoms with Gasteiger partial charge in [0.2, 0.25) is 0 Å². The van der Waals surface area contributed by atoms with Crippen molar-refractivity contribution in [2.75, 3.05) is 14.2 Å². The Labute approximate surface area is 106 Å². The molecule has 0 aliphatic carbocycles. The van der Waals surface area contributed by atoms with Crippen LogP contribution in [0.1, 0.15) is 22.0 Å². The van der Waals surface area contributed by atoms with Crippen molar-refractivity contribution < 1.29 is 4.74 Å². The third-order valence-electron chi connectivity index (χ3n) is 2.87. The van der Waals surface area contributed by atoms with Gasteiger partial charge in [0.1, 0.15) is 5.75 Å². The molecule has 1 unspecified atom stereocenters. The fourth-order valence-electron chi connectivity index (χ4n) is 2.01. The van der Waals surface area contributed by atoms with E-state index in [1.807, 2.05) is 13.1 Å². The lowest BCUT2D eigenvalue weighted by atomic mass is 10.0. The molecule has 1 aromatic carbocycles. The van der Waals surface area contributed by atoms with Crippen molar-refractivity contribution in [3.8, 4) is 5.75 Å². The van der Waals surface area contributed by atoms with E-state index in [-0.39, 0.29) is 6.04 Å². The zero-order chi connectivity index (χ0) is 12.3. The highest BCUT2D eigenvalue weighted by molar-refractivity contribution is 7.10. The summed E-state index contributed by atoms with van der Waals surface area (Å²) < 4.78 is 5.29. The van der Waals surface area contributed by atoms with E-state index in [1.54, 1.807) is 18.4 Å². The predicted octanol–water partition coefficient (Wildman–Crippen LogP) is 3.37. The van der Waals surface area contributed by atoms with Gasteiger partial charge in [-0.25, -0.2) is 0 Å². The second-order valence-corrected chi connectivity index (χ2v) is 4.95. The highest BCUT2D eigenvalue weighted by atomic mass is 32.1. The Kier molecular flexibility index (Phi) is 3.82. The van der Waals surface area contributed by atoms with Gasteiger partial charge < -0.3 is 10.1 Å². The minimum Gasteiger partial charge on any atom is -0.496 e. The molecule has 2 nitrogen and oxygen atoms in total. The van der Waals surface area contributed by atoms with Crippen LogP contribution in [0.5, 0.6) is 5.75 Å². The van der Waals surface area contributed by atoms with Crippen molar-refractivity contribution in [2.24, 2.45) is 0 Å². The van der Waals surface area contributed by atoms with Crippen molar-refractivity contribution in [2.45, 2.75) is 13.0 Å². The van der Waals surface area contributed by atoms with Crippen molar-refractivity contribution >= 4 is 11.3 Å². The zero-order valence-electron chi connectivity index (χ0n) is 10.4. The standard InChI is InChI=1S/C14H17NOS/c1-10-9-11(6-7-12(10)16-3)14(15-2)13-5-4-8-17-13/h4-9,14-15H,1-3H3. The molecule has 3 heteroatoms. The monoisotopic (exact) mass is 247 g/mol. The summed E-state index contributed by atoms with van der Waals surface area (Å²) in [7, 11) is 3.70. The average Bonchev–Trinajstić information content (AvgIpc) is 2.84. The van der Waals surface area contributed by atoms with Crippen LogP contribution in [0.4, 0.5) is 0 Å². The van der Waals surface area contributed by atoms with Crippen molar-refractivity contribution in [1.29, 1.82) is 0 Å². The highest BCUT2D eigenvalue weighted by Gasteiger charge is 2.13. The molecule has 0 aliphatic rings. The van der Waals surface area contributed by atoms with E-state index in [9.17, 15) is 0 Å². The smallest absolute Gasteiger partial charge is 0.121 e.